The number of aromatic nitrogens is 3. The van der Waals surface area contributed by atoms with Crippen LogP contribution in [0.4, 0.5) is 0 Å². The molecule has 0 amide bonds. The van der Waals surface area contributed by atoms with Crippen molar-refractivity contribution in [3.8, 4) is 67.9 Å². The molecule has 14 rings (SSSR count). The molecule has 0 bridgehead atoms. The molecule has 0 N–H and O–H groups in total. The molecule has 5 heteroatoms. The van der Waals surface area contributed by atoms with Gasteiger partial charge in [0.05, 0.1) is 33.5 Å². The molecule has 12 aromatic rings. The van der Waals surface area contributed by atoms with Gasteiger partial charge < -0.3 is 8.98 Å². The third-order valence-electron chi connectivity index (χ3n) is 13.9. The lowest BCUT2D eigenvalue weighted by molar-refractivity contribution is 0.666. The van der Waals surface area contributed by atoms with E-state index < -0.39 is 5.41 Å². The van der Waals surface area contributed by atoms with Crippen molar-refractivity contribution >= 4 is 43.7 Å². The van der Waals surface area contributed by atoms with E-state index in [9.17, 15) is 5.26 Å². The maximum atomic E-state index is 10.7. The Balaban J connectivity index is 1.07. The minimum atomic E-state index is -0.456. The van der Waals surface area contributed by atoms with Crippen molar-refractivity contribution in [2.24, 2.45) is 0 Å². The number of para-hydroxylation sites is 2. The van der Waals surface area contributed by atoms with Gasteiger partial charge in [-0.25, -0.2) is 9.97 Å². The van der Waals surface area contributed by atoms with Crippen LogP contribution in [0.2, 0.25) is 0 Å². The normalized spacial score (nSPS) is 13.0. The van der Waals surface area contributed by atoms with E-state index in [4.69, 9.17) is 14.4 Å². The number of benzene rings is 9. The van der Waals surface area contributed by atoms with E-state index in [2.05, 4.69) is 144 Å². The van der Waals surface area contributed by atoms with Gasteiger partial charge in [0.1, 0.15) is 17.2 Å². The summed E-state index contributed by atoms with van der Waals surface area (Å²) in [6.07, 6.45) is 0. The van der Waals surface area contributed by atoms with Crippen LogP contribution in [0.5, 0.6) is 0 Å². The number of nitrogens with zero attached hydrogens (tertiary/aromatic N) is 4. The van der Waals surface area contributed by atoms with Crippen LogP contribution in [0.3, 0.4) is 0 Å². The van der Waals surface area contributed by atoms with Gasteiger partial charge in [0.25, 0.3) is 0 Å². The maximum absolute atomic E-state index is 10.7. The van der Waals surface area contributed by atoms with Crippen molar-refractivity contribution in [1.29, 1.82) is 5.26 Å². The van der Waals surface area contributed by atoms with Crippen LogP contribution in [0.25, 0.3) is 106 Å². The highest BCUT2D eigenvalue weighted by molar-refractivity contribution is 6.17. The standard InChI is InChI=1S/C60H34N4O/c61-35-46-56(36-17-3-1-4-18-36)62-59(63-57(46)37-19-5-2-6-20-37)43-31-32-52(58-55(43)42-25-11-16-30-54(42)65-58)64-51-29-15-10-24-41(51)45-33-50-44(34-53(45)64)40-23-9-14-28-49(40)60(50)47-26-12-7-21-38(47)39-22-8-13-27-48(39)60/h1-34H. The van der Waals surface area contributed by atoms with E-state index in [-0.39, 0.29) is 0 Å². The summed E-state index contributed by atoms with van der Waals surface area (Å²) in [6, 6.07) is 75.3. The summed E-state index contributed by atoms with van der Waals surface area (Å²) in [5, 5.41) is 14.9. The van der Waals surface area contributed by atoms with Gasteiger partial charge in [-0.3, -0.25) is 0 Å². The summed E-state index contributed by atoms with van der Waals surface area (Å²) in [5.41, 5.74) is 18.6. The SMILES string of the molecule is N#Cc1c(-c2ccccc2)nc(-c2ccc(-n3c4ccccc4c4cc5c(cc43)-c3ccccc3C53c4ccccc4-c4ccccc43)c3oc4ccccc4c23)nc1-c1ccccc1. The zero-order valence-electron chi connectivity index (χ0n) is 34.8. The van der Waals surface area contributed by atoms with Gasteiger partial charge in [-0.15, -0.1) is 0 Å². The highest BCUT2D eigenvalue weighted by Gasteiger charge is 2.51. The second-order valence-corrected chi connectivity index (χ2v) is 17.1. The van der Waals surface area contributed by atoms with Crippen LogP contribution in [-0.2, 0) is 5.41 Å². The number of hydrogen-bond acceptors (Lipinski definition) is 4. The van der Waals surface area contributed by atoms with Crippen molar-refractivity contribution < 1.29 is 4.42 Å². The van der Waals surface area contributed by atoms with Gasteiger partial charge in [0.2, 0.25) is 0 Å². The fourth-order valence-corrected chi connectivity index (χ4v) is 11.3. The largest absolute Gasteiger partial charge is 0.454 e. The van der Waals surface area contributed by atoms with Crippen LogP contribution < -0.4 is 0 Å². The molecule has 0 unspecified atom stereocenters. The fourth-order valence-electron chi connectivity index (χ4n) is 11.3. The first-order chi connectivity index (χ1) is 32.2. The lowest BCUT2D eigenvalue weighted by atomic mass is 9.70. The molecule has 0 fully saturated rings. The average molecular weight is 827 g/mol. The number of fused-ring (bicyclic) bond motifs is 16. The molecule has 1 spiro atoms. The zero-order chi connectivity index (χ0) is 42.8. The molecule has 300 valence electrons. The molecule has 0 atom stereocenters. The van der Waals surface area contributed by atoms with Gasteiger partial charge in [-0.1, -0.05) is 170 Å². The molecule has 3 aromatic heterocycles. The Morgan fingerprint density at radius 3 is 1.62 bits per heavy atom. The van der Waals surface area contributed by atoms with Crippen LogP contribution in [0, 0.1) is 11.3 Å². The van der Waals surface area contributed by atoms with Crippen LogP contribution in [0.15, 0.2) is 211 Å². The third kappa shape index (κ3) is 4.75. The summed E-state index contributed by atoms with van der Waals surface area (Å²) < 4.78 is 9.40. The lowest BCUT2D eigenvalue weighted by Crippen LogP contribution is -2.25. The zero-order valence-corrected chi connectivity index (χ0v) is 34.8. The van der Waals surface area contributed by atoms with E-state index in [0.29, 0.717) is 22.8 Å². The molecule has 2 aliphatic rings. The van der Waals surface area contributed by atoms with Crippen LogP contribution >= 0.6 is 0 Å². The second-order valence-electron chi connectivity index (χ2n) is 17.1. The van der Waals surface area contributed by atoms with Crippen molar-refractivity contribution in [3.05, 3.63) is 234 Å². The summed E-state index contributed by atoms with van der Waals surface area (Å²) in [6.45, 7) is 0. The summed E-state index contributed by atoms with van der Waals surface area (Å²) in [5.74, 6) is 0.517. The second kappa shape index (κ2) is 13.3. The monoisotopic (exact) mass is 826 g/mol. The molecule has 0 radical (unpaired) electrons. The highest BCUT2D eigenvalue weighted by atomic mass is 16.3. The molecule has 0 saturated carbocycles. The molecule has 3 heterocycles. The molecule has 5 nitrogen and oxygen atoms in total. The van der Waals surface area contributed by atoms with Crippen LogP contribution in [0.1, 0.15) is 27.8 Å². The van der Waals surface area contributed by atoms with Crippen molar-refractivity contribution in [2.45, 2.75) is 5.41 Å². The summed E-state index contributed by atoms with van der Waals surface area (Å²) in [4.78, 5) is 10.5. The number of furan rings is 1. The predicted molar refractivity (Wildman–Crippen MR) is 261 cm³/mol. The van der Waals surface area contributed by atoms with Crippen molar-refractivity contribution in [1.82, 2.24) is 14.5 Å². The Morgan fingerprint density at radius 1 is 0.446 bits per heavy atom. The number of nitriles is 1. The first-order valence-corrected chi connectivity index (χ1v) is 22.0. The maximum Gasteiger partial charge on any atom is 0.161 e. The van der Waals surface area contributed by atoms with E-state index in [1.165, 1.54) is 55.3 Å². The first kappa shape index (κ1) is 35.7. The van der Waals surface area contributed by atoms with Crippen molar-refractivity contribution in [2.75, 3.05) is 0 Å². The van der Waals surface area contributed by atoms with Crippen LogP contribution in [-0.4, -0.2) is 14.5 Å². The van der Waals surface area contributed by atoms with Gasteiger partial charge in [0, 0.05) is 38.2 Å². The Kier molecular flexibility index (Phi) is 7.32. The Bertz CT molecular complexity index is 3920. The summed E-state index contributed by atoms with van der Waals surface area (Å²) >= 11 is 0. The Hall–Kier alpha value is -8.85. The number of rotatable bonds is 4. The quantitative estimate of drug-likeness (QED) is 0.177. The minimum Gasteiger partial charge on any atom is -0.454 e. The molecule has 0 saturated heterocycles. The molecule has 2 aliphatic carbocycles. The van der Waals surface area contributed by atoms with E-state index in [1.54, 1.807) is 0 Å². The lowest BCUT2D eigenvalue weighted by Gasteiger charge is -2.30. The van der Waals surface area contributed by atoms with Gasteiger partial charge in [0.15, 0.2) is 11.4 Å². The van der Waals surface area contributed by atoms with Gasteiger partial charge in [-0.2, -0.15) is 5.26 Å². The third-order valence-corrected chi connectivity index (χ3v) is 13.9. The topological polar surface area (TPSA) is 67.6 Å². The molecule has 0 aliphatic heterocycles. The smallest absolute Gasteiger partial charge is 0.161 e. The summed E-state index contributed by atoms with van der Waals surface area (Å²) in [7, 11) is 0. The van der Waals surface area contributed by atoms with Crippen molar-refractivity contribution in [3.63, 3.8) is 0 Å². The average Bonchev–Trinajstić information content (AvgIpc) is 4.10. The Morgan fingerprint density at radius 2 is 0.985 bits per heavy atom. The Labute approximate surface area is 373 Å². The van der Waals surface area contributed by atoms with Gasteiger partial charge >= 0.3 is 0 Å². The van der Waals surface area contributed by atoms with Gasteiger partial charge in [-0.05, 0) is 80.9 Å². The molecule has 9 aromatic carbocycles. The fraction of sp³-hybridized carbons (Fsp3) is 0.0167. The molecule has 65 heavy (non-hydrogen) atoms. The first-order valence-electron chi connectivity index (χ1n) is 22.0. The van der Waals surface area contributed by atoms with E-state index >= 15 is 0 Å². The van der Waals surface area contributed by atoms with E-state index in [0.717, 1.165) is 55.3 Å². The predicted octanol–water partition coefficient (Wildman–Crippen LogP) is 14.7. The van der Waals surface area contributed by atoms with E-state index in [1.807, 2.05) is 72.8 Å². The molecular formula is C60H34N4O. The minimum absolute atomic E-state index is 0.432. The number of hydrogen-bond donors (Lipinski definition) is 0. The molecular weight excluding hydrogens is 793 g/mol. The highest BCUT2D eigenvalue weighted by Crippen LogP contribution is 2.63.